The zero-order chi connectivity index (χ0) is 20.1. The van der Waals surface area contributed by atoms with Crippen molar-refractivity contribution in [1.29, 1.82) is 5.26 Å². The van der Waals surface area contributed by atoms with Crippen molar-refractivity contribution < 1.29 is 23.0 Å². The van der Waals surface area contributed by atoms with Gasteiger partial charge in [0.15, 0.2) is 18.0 Å². The molecule has 28 heavy (non-hydrogen) atoms. The van der Waals surface area contributed by atoms with Crippen LogP contribution in [0.5, 0.6) is 5.88 Å². The molecule has 0 unspecified atom stereocenters. The third-order valence-electron chi connectivity index (χ3n) is 4.44. The SMILES string of the molecule is N#Cc1c(OCC(F)(F)F)nc(CCO)nc1N1CCc2ccccc2CC1. The quantitative estimate of drug-likeness (QED) is 0.842. The Hall–Kier alpha value is -2.86. The van der Waals surface area contributed by atoms with Crippen molar-refractivity contribution in [2.75, 3.05) is 31.2 Å². The molecule has 148 valence electrons. The van der Waals surface area contributed by atoms with Crippen LogP contribution >= 0.6 is 0 Å². The second-order valence-electron chi connectivity index (χ2n) is 6.39. The summed E-state index contributed by atoms with van der Waals surface area (Å²) in [5.41, 5.74) is 2.26. The second-order valence-corrected chi connectivity index (χ2v) is 6.39. The first-order valence-electron chi connectivity index (χ1n) is 8.84. The number of anilines is 1. The smallest absolute Gasteiger partial charge is 0.422 e. The van der Waals surface area contributed by atoms with E-state index in [0.29, 0.717) is 13.1 Å². The summed E-state index contributed by atoms with van der Waals surface area (Å²) in [5.74, 6) is -0.0311. The Morgan fingerprint density at radius 3 is 2.32 bits per heavy atom. The Labute approximate surface area is 160 Å². The maximum absolute atomic E-state index is 12.6. The fraction of sp³-hybridized carbons (Fsp3) is 0.421. The molecule has 9 heteroatoms. The molecule has 2 aromatic rings. The number of aromatic nitrogens is 2. The van der Waals surface area contributed by atoms with E-state index in [1.807, 2.05) is 35.2 Å². The highest BCUT2D eigenvalue weighted by Gasteiger charge is 2.30. The minimum atomic E-state index is -4.56. The summed E-state index contributed by atoms with van der Waals surface area (Å²) in [7, 11) is 0. The summed E-state index contributed by atoms with van der Waals surface area (Å²) >= 11 is 0. The highest BCUT2D eigenvalue weighted by Crippen LogP contribution is 2.29. The van der Waals surface area contributed by atoms with Crippen LogP contribution in [0.25, 0.3) is 0 Å². The van der Waals surface area contributed by atoms with Gasteiger partial charge in [0.1, 0.15) is 11.9 Å². The van der Waals surface area contributed by atoms with Gasteiger partial charge in [0.2, 0.25) is 5.88 Å². The molecule has 2 heterocycles. The monoisotopic (exact) mass is 392 g/mol. The first kappa shape index (κ1) is 19.9. The van der Waals surface area contributed by atoms with Crippen LogP contribution in [0.4, 0.5) is 19.0 Å². The van der Waals surface area contributed by atoms with E-state index in [1.165, 1.54) is 11.1 Å². The van der Waals surface area contributed by atoms with Crippen molar-refractivity contribution in [1.82, 2.24) is 9.97 Å². The molecular weight excluding hydrogens is 373 g/mol. The Morgan fingerprint density at radius 1 is 1.14 bits per heavy atom. The molecule has 1 N–H and O–H groups in total. The first-order valence-corrected chi connectivity index (χ1v) is 8.84. The highest BCUT2D eigenvalue weighted by atomic mass is 19.4. The molecule has 0 aliphatic carbocycles. The van der Waals surface area contributed by atoms with Crippen LogP contribution in [0.15, 0.2) is 24.3 Å². The van der Waals surface area contributed by atoms with E-state index in [0.717, 1.165) is 12.8 Å². The van der Waals surface area contributed by atoms with Crippen molar-refractivity contribution in [2.45, 2.75) is 25.4 Å². The van der Waals surface area contributed by atoms with Crippen LogP contribution in [-0.2, 0) is 19.3 Å². The van der Waals surface area contributed by atoms with Gasteiger partial charge in [0.25, 0.3) is 0 Å². The number of fused-ring (bicyclic) bond motifs is 1. The topological polar surface area (TPSA) is 82.3 Å². The van der Waals surface area contributed by atoms with Gasteiger partial charge in [-0.1, -0.05) is 24.3 Å². The van der Waals surface area contributed by atoms with E-state index >= 15 is 0 Å². The number of halogens is 3. The van der Waals surface area contributed by atoms with Gasteiger partial charge in [-0.3, -0.25) is 0 Å². The van der Waals surface area contributed by atoms with E-state index in [-0.39, 0.29) is 30.2 Å². The molecule has 6 nitrogen and oxygen atoms in total. The molecule has 1 aromatic heterocycles. The first-order chi connectivity index (χ1) is 13.4. The lowest BCUT2D eigenvalue weighted by Crippen LogP contribution is -2.29. The number of ether oxygens (including phenoxy) is 1. The number of benzene rings is 1. The molecule has 0 fully saturated rings. The normalized spacial score (nSPS) is 14.2. The number of aliphatic hydroxyl groups is 1. The average Bonchev–Trinajstić information content (AvgIpc) is 2.88. The zero-order valence-corrected chi connectivity index (χ0v) is 15.0. The lowest BCUT2D eigenvalue weighted by Gasteiger charge is -2.24. The Balaban J connectivity index is 1.94. The van der Waals surface area contributed by atoms with Crippen LogP contribution in [0.2, 0.25) is 0 Å². The molecule has 1 aliphatic heterocycles. The van der Waals surface area contributed by atoms with Crippen molar-refractivity contribution in [3.63, 3.8) is 0 Å². The van der Waals surface area contributed by atoms with Gasteiger partial charge in [-0.15, -0.1) is 0 Å². The Bertz CT molecular complexity index is 853. The van der Waals surface area contributed by atoms with Gasteiger partial charge in [-0.05, 0) is 24.0 Å². The molecule has 0 atom stereocenters. The fourth-order valence-corrected chi connectivity index (χ4v) is 3.14. The number of nitrogens with zero attached hydrogens (tertiary/aromatic N) is 4. The molecule has 0 saturated heterocycles. The lowest BCUT2D eigenvalue weighted by molar-refractivity contribution is -0.154. The van der Waals surface area contributed by atoms with E-state index in [1.54, 1.807) is 0 Å². The fourth-order valence-electron chi connectivity index (χ4n) is 3.14. The Kier molecular flexibility index (Phi) is 5.99. The van der Waals surface area contributed by atoms with E-state index in [4.69, 9.17) is 4.74 Å². The van der Waals surface area contributed by atoms with Crippen molar-refractivity contribution in [3.05, 3.63) is 46.8 Å². The summed E-state index contributed by atoms with van der Waals surface area (Å²) in [4.78, 5) is 10.1. The minimum Gasteiger partial charge on any atom is -0.467 e. The number of rotatable bonds is 5. The average molecular weight is 392 g/mol. The van der Waals surface area contributed by atoms with Gasteiger partial charge in [-0.2, -0.15) is 23.4 Å². The molecule has 0 bridgehead atoms. The minimum absolute atomic E-state index is 0.0507. The van der Waals surface area contributed by atoms with E-state index in [2.05, 4.69) is 9.97 Å². The molecule has 1 aromatic carbocycles. The maximum Gasteiger partial charge on any atom is 0.422 e. The molecular formula is C19H19F3N4O2. The van der Waals surface area contributed by atoms with Crippen LogP contribution in [0, 0.1) is 11.3 Å². The number of alkyl halides is 3. The number of hydrogen-bond acceptors (Lipinski definition) is 6. The predicted octanol–water partition coefficient (Wildman–Crippen LogP) is 2.43. The molecule has 0 saturated carbocycles. The third kappa shape index (κ3) is 4.70. The highest BCUT2D eigenvalue weighted by molar-refractivity contribution is 5.59. The largest absolute Gasteiger partial charge is 0.467 e. The number of nitriles is 1. The third-order valence-corrected chi connectivity index (χ3v) is 4.44. The number of aliphatic hydroxyl groups excluding tert-OH is 1. The van der Waals surface area contributed by atoms with Crippen LogP contribution in [0.3, 0.4) is 0 Å². The van der Waals surface area contributed by atoms with Gasteiger partial charge in [0, 0.05) is 19.5 Å². The van der Waals surface area contributed by atoms with Crippen molar-refractivity contribution >= 4 is 5.82 Å². The molecule has 0 amide bonds. The van der Waals surface area contributed by atoms with Gasteiger partial charge in [-0.25, -0.2) is 4.98 Å². The molecule has 0 radical (unpaired) electrons. The molecule has 1 aliphatic rings. The predicted molar refractivity (Wildman–Crippen MR) is 95.1 cm³/mol. The van der Waals surface area contributed by atoms with Crippen LogP contribution < -0.4 is 9.64 Å². The van der Waals surface area contributed by atoms with Gasteiger partial charge in [0.05, 0.1) is 6.61 Å². The van der Waals surface area contributed by atoms with Crippen molar-refractivity contribution in [2.24, 2.45) is 0 Å². The molecule has 3 rings (SSSR count). The Morgan fingerprint density at radius 2 is 1.79 bits per heavy atom. The lowest BCUT2D eigenvalue weighted by atomic mass is 10.0. The van der Waals surface area contributed by atoms with E-state index < -0.39 is 18.7 Å². The standard InChI is InChI=1S/C19H19F3N4O2/c20-19(21,22)12-28-18-15(11-23)17(24-16(25-18)7-10-27)26-8-5-13-3-1-2-4-14(13)6-9-26/h1-4,27H,5-10,12H2. The van der Waals surface area contributed by atoms with Gasteiger partial charge < -0.3 is 14.7 Å². The maximum atomic E-state index is 12.6. The van der Waals surface area contributed by atoms with E-state index in [9.17, 15) is 23.5 Å². The summed E-state index contributed by atoms with van der Waals surface area (Å²) < 4.78 is 42.6. The molecule has 0 spiro atoms. The van der Waals surface area contributed by atoms with Crippen LogP contribution in [-0.4, -0.2) is 47.6 Å². The van der Waals surface area contributed by atoms with Crippen molar-refractivity contribution in [3.8, 4) is 11.9 Å². The summed E-state index contributed by atoms with van der Waals surface area (Å²) in [6.45, 7) is -0.711. The van der Waals surface area contributed by atoms with Gasteiger partial charge >= 0.3 is 6.18 Å². The summed E-state index contributed by atoms with van der Waals surface area (Å²) in [6, 6.07) is 9.89. The second kappa shape index (κ2) is 8.44. The number of hydrogen-bond donors (Lipinski definition) is 1. The summed E-state index contributed by atoms with van der Waals surface area (Å²) in [5, 5.41) is 18.7. The zero-order valence-electron chi connectivity index (χ0n) is 15.0. The van der Waals surface area contributed by atoms with Crippen LogP contribution in [0.1, 0.15) is 22.5 Å². The summed E-state index contributed by atoms with van der Waals surface area (Å²) in [6.07, 6.45) is -3.06.